The van der Waals surface area contributed by atoms with E-state index in [1.54, 1.807) is 0 Å². The number of piperidine rings is 1. The molecule has 0 amide bonds. The van der Waals surface area contributed by atoms with Gasteiger partial charge < -0.3 is 4.90 Å². The Morgan fingerprint density at radius 3 is 2.62 bits per heavy atom. The van der Waals surface area contributed by atoms with Crippen LogP contribution in [0.15, 0.2) is 24.5 Å². The molecule has 2 fully saturated rings. The van der Waals surface area contributed by atoms with Crippen molar-refractivity contribution in [2.75, 3.05) is 26.2 Å². The molecule has 1 unspecified atom stereocenters. The van der Waals surface area contributed by atoms with E-state index >= 15 is 0 Å². The van der Waals surface area contributed by atoms with Gasteiger partial charge in [-0.25, -0.2) is 0 Å². The summed E-state index contributed by atoms with van der Waals surface area (Å²) in [7, 11) is 0. The zero-order chi connectivity index (χ0) is 18.4. The molecule has 0 spiro atoms. The lowest BCUT2D eigenvalue weighted by molar-refractivity contribution is 0.0702. The first-order chi connectivity index (χ1) is 12.5. The second kappa shape index (κ2) is 9.32. The smallest absolute Gasteiger partial charge is 0.0312 e. The van der Waals surface area contributed by atoms with Crippen LogP contribution in [0.5, 0.6) is 0 Å². The number of nitrogens with zero attached hydrogens (tertiary/aromatic N) is 3. The van der Waals surface area contributed by atoms with Gasteiger partial charge in [0.05, 0.1) is 0 Å². The van der Waals surface area contributed by atoms with E-state index in [1.807, 2.05) is 12.4 Å². The molecule has 0 aromatic carbocycles. The third-order valence-corrected chi connectivity index (χ3v) is 5.98. The Bertz CT molecular complexity index is 516. The number of likely N-dealkylation sites (tertiary alicyclic amines) is 1. The van der Waals surface area contributed by atoms with E-state index in [1.165, 1.54) is 70.1 Å². The van der Waals surface area contributed by atoms with E-state index in [2.05, 4.69) is 47.7 Å². The maximum atomic E-state index is 4.32. The standard InChI is InChI=1S/C23H39N3/c1-23(2,3)19-25(16-20-9-7-13-24-15-20)17-21-10-8-14-26(18-21)22-11-5-4-6-12-22/h7,9,13,15,21-22H,4-6,8,10-12,14,16-19H2,1-3H3. The highest BCUT2D eigenvalue weighted by molar-refractivity contribution is 5.08. The largest absolute Gasteiger partial charge is 0.300 e. The van der Waals surface area contributed by atoms with Crippen molar-refractivity contribution in [3.63, 3.8) is 0 Å². The molecule has 3 nitrogen and oxygen atoms in total. The molecule has 1 saturated heterocycles. The van der Waals surface area contributed by atoms with Crippen LogP contribution in [0.4, 0.5) is 0 Å². The van der Waals surface area contributed by atoms with Gasteiger partial charge in [0.1, 0.15) is 0 Å². The fraction of sp³-hybridized carbons (Fsp3) is 0.783. The summed E-state index contributed by atoms with van der Waals surface area (Å²) >= 11 is 0. The summed E-state index contributed by atoms with van der Waals surface area (Å²) in [6.45, 7) is 13.2. The molecule has 0 radical (unpaired) electrons. The van der Waals surface area contributed by atoms with Crippen molar-refractivity contribution >= 4 is 0 Å². The third kappa shape index (κ3) is 6.35. The Labute approximate surface area is 161 Å². The van der Waals surface area contributed by atoms with Gasteiger partial charge in [0, 0.05) is 44.6 Å². The summed E-state index contributed by atoms with van der Waals surface area (Å²) in [5, 5.41) is 0. The fourth-order valence-electron chi connectivity index (χ4n) is 4.99. The van der Waals surface area contributed by atoms with Crippen LogP contribution < -0.4 is 0 Å². The molecule has 2 heterocycles. The number of pyridine rings is 1. The topological polar surface area (TPSA) is 19.4 Å². The van der Waals surface area contributed by atoms with Crippen LogP contribution in [0, 0.1) is 11.3 Å². The second-order valence-electron chi connectivity index (χ2n) is 9.89. The van der Waals surface area contributed by atoms with Gasteiger partial charge in [-0.1, -0.05) is 46.1 Å². The molecule has 3 rings (SSSR count). The first-order valence-corrected chi connectivity index (χ1v) is 10.8. The molecular weight excluding hydrogens is 318 g/mol. The maximum Gasteiger partial charge on any atom is 0.0312 e. The number of aromatic nitrogens is 1. The van der Waals surface area contributed by atoms with Gasteiger partial charge in [0.25, 0.3) is 0 Å². The molecule has 1 aromatic rings. The van der Waals surface area contributed by atoms with Crippen LogP contribution in [0.1, 0.15) is 71.3 Å². The number of hydrogen-bond acceptors (Lipinski definition) is 3. The molecule has 1 aliphatic heterocycles. The van der Waals surface area contributed by atoms with Crippen molar-refractivity contribution in [3.05, 3.63) is 30.1 Å². The summed E-state index contributed by atoms with van der Waals surface area (Å²) in [6, 6.07) is 5.16. The molecule has 3 heteroatoms. The summed E-state index contributed by atoms with van der Waals surface area (Å²) in [6.07, 6.45) is 13.9. The Hall–Kier alpha value is -0.930. The van der Waals surface area contributed by atoms with E-state index in [0.29, 0.717) is 5.41 Å². The predicted octanol–water partition coefficient (Wildman–Crippen LogP) is 4.97. The monoisotopic (exact) mass is 357 g/mol. The van der Waals surface area contributed by atoms with Crippen LogP contribution >= 0.6 is 0 Å². The number of hydrogen-bond donors (Lipinski definition) is 0. The van der Waals surface area contributed by atoms with E-state index < -0.39 is 0 Å². The van der Waals surface area contributed by atoms with Crippen molar-refractivity contribution < 1.29 is 0 Å². The van der Waals surface area contributed by atoms with Gasteiger partial charge in [-0.3, -0.25) is 9.88 Å². The van der Waals surface area contributed by atoms with E-state index in [0.717, 1.165) is 25.0 Å². The Balaban J connectivity index is 1.59. The fourth-order valence-corrected chi connectivity index (χ4v) is 4.99. The van der Waals surface area contributed by atoms with Crippen LogP contribution in [-0.2, 0) is 6.54 Å². The SMILES string of the molecule is CC(C)(C)CN(Cc1cccnc1)CC1CCCN(C2CCCCC2)C1. The van der Waals surface area contributed by atoms with Gasteiger partial charge in [-0.2, -0.15) is 0 Å². The Morgan fingerprint density at radius 1 is 1.12 bits per heavy atom. The second-order valence-corrected chi connectivity index (χ2v) is 9.89. The summed E-state index contributed by atoms with van der Waals surface area (Å²) in [5.41, 5.74) is 1.68. The minimum atomic E-state index is 0.333. The average Bonchev–Trinajstić information content (AvgIpc) is 2.62. The lowest BCUT2D eigenvalue weighted by Gasteiger charge is -2.42. The third-order valence-electron chi connectivity index (χ3n) is 5.98. The minimum Gasteiger partial charge on any atom is -0.300 e. The zero-order valence-corrected chi connectivity index (χ0v) is 17.3. The Kier molecular flexibility index (Phi) is 7.11. The normalized spacial score (nSPS) is 23.5. The molecule has 0 N–H and O–H groups in total. The molecule has 0 bridgehead atoms. The minimum absolute atomic E-state index is 0.333. The summed E-state index contributed by atoms with van der Waals surface area (Å²) < 4.78 is 0. The molecule has 1 saturated carbocycles. The van der Waals surface area contributed by atoms with Crippen LogP contribution in [0.2, 0.25) is 0 Å². The molecule has 26 heavy (non-hydrogen) atoms. The van der Waals surface area contributed by atoms with Crippen molar-refractivity contribution in [2.24, 2.45) is 11.3 Å². The van der Waals surface area contributed by atoms with E-state index in [9.17, 15) is 0 Å². The van der Waals surface area contributed by atoms with Crippen LogP contribution in [0.3, 0.4) is 0 Å². The highest BCUT2D eigenvalue weighted by atomic mass is 15.2. The van der Waals surface area contributed by atoms with Gasteiger partial charge in [-0.05, 0) is 55.2 Å². The summed E-state index contributed by atoms with van der Waals surface area (Å²) in [4.78, 5) is 9.85. The zero-order valence-electron chi connectivity index (χ0n) is 17.3. The van der Waals surface area contributed by atoms with Crippen LogP contribution in [0.25, 0.3) is 0 Å². The first kappa shape index (κ1) is 19.8. The first-order valence-electron chi connectivity index (χ1n) is 10.8. The highest BCUT2D eigenvalue weighted by Gasteiger charge is 2.28. The van der Waals surface area contributed by atoms with Gasteiger partial charge in [0.2, 0.25) is 0 Å². The van der Waals surface area contributed by atoms with Crippen molar-refractivity contribution in [3.8, 4) is 0 Å². The molecule has 2 aliphatic rings. The lowest BCUT2D eigenvalue weighted by atomic mass is 9.89. The van der Waals surface area contributed by atoms with Crippen molar-refractivity contribution in [1.82, 2.24) is 14.8 Å². The van der Waals surface area contributed by atoms with Crippen molar-refractivity contribution in [1.29, 1.82) is 0 Å². The van der Waals surface area contributed by atoms with E-state index in [-0.39, 0.29) is 0 Å². The van der Waals surface area contributed by atoms with Gasteiger partial charge in [-0.15, -0.1) is 0 Å². The lowest BCUT2D eigenvalue weighted by Crippen LogP contribution is -2.47. The average molecular weight is 358 g/mol. The van der Waals surface area contributed by atoms with Gasteiger partial charge in [0.15, 0.2) is 0 Å². The molecular formula is C23H39N3. The summed E-state index contributed by atoms with van der Waals surface area (Å²) in [5.74, 6) is 0.824. The molecule has 146 valence electrons. The Morgan fingerprint density at radius 2 is 1.92 bits per heavy atom. The van der Waals surface area contributed by atoms with E-state index in [4.69, 9.17) is 0 Å². The van der Waals surface area contributed by atoms with Crippen molar-refractivity contribution in [2.45, 2.75) is 78.3 Å². The highest BCUT2D eigenvalue weighted by Crippen LogP contribution is 2.28. The predicted molar refractivity (Wildman–Crippen MR) is 110 cm³/mol. The van der Waals surface area contributed by atoms with Crippen LogP contribution in [-0.4, -0.2) is 47.0 Å². The molecule has 1 aromatic heterocycles. The quantitative estimate of drug-likeness (QED) is 0.716. The number of rotatable bonds is 6. The molecule has 1 aliphatic carbocycles. The molecule has 1 atom stereocenters. The maximum absolute atomic E-state index is 4.32. The van der Waals surface area contributed by atoms with Gasteiger partial charge >= 0.3 is 0 Å².